The van der Waals surface area contributed by atoms with Gasteiger partial charge in [-0.1, -0.05) is 30.3 Å². The molecule has 1 heterocycles. The lowest BCUT2D eigenvalue weighted by Crippen LogP contribution is -2.30. The zero-order valence-electron chi connectivity index (χ0n) is 15.9. The van der Waals surface area contributed by atoms with Gasteiger partial charge in [-0.05, 0) is 29.8 Å². The quantitative estimate of drug-likeness (QED) is 0.606. The third-order valence-electron chi connectivity index (χ3n) is 4.21. The Balaban J connectivity index is 1.99. The highest BCUT2D eigenvalue weighted by Gasteiger charge is 2.23. The Morgan fingerprint density at radius 3 is 2.21 bits per heavy atom. The first-order valence-corrected chi connectivity index (χ1v) is 10.2. The maximum absolute atomic E-state index is 13.8. The number of methoxy groups -OCH3 is 2. The minimum absolute atomic E-state index is 0.0863. The Labute approximate surface area is 168 Å². The molecule has 7 nitrogen and oxygen atoms in total. The Morgan fingerprint density at radius 1 is 0.966 bits per heavy atom. The van der Waals surface area contributed by atoms with Crippen LogP contribution in [0, 0.1) is 5.82 Å². The third-order valence-corrected chi connectivity index (χ3v) is 5.65. The molecule has 0 aliphatic rings. The average Bonchev–Trinajstić information content (AvgIpc) is 2.74. The van der Waals surface area contributed by atoms with Crippen LogP contribution in [0.5, 0.6) is 11.8 Å². The van der Waals surface area contributed by atoms with Gasteiger partial charge in [0.2, 0.25) is 21.8 Å². The van der Waals surface area contributed by atoms with Crippen LogP contribution < -0.4 is 14.2 Å². The van der Waals surface area contributed by atoms with Crippen molar-refractivity contribution in [2.24, 2.45) is 0 Å². The van der Waals surface area contributed by atoms with Crippen molar-refractivity contribution in [3.63, 3.8) is 0 Å². The van der Waals surface area contributed by atoms with Crippen LogP contribution in [0.3, 0.4) is 0 Å². The van der Waals surface area contributed by atoms with Crippen LogP contribution >= 0.6 is 0 Å². The molecule has 0 amide bonds. The second-order valence-corrected chi connectivity index (χ2v) is 7.85. The highest BCUT2D eigenvalue weighted by Crippen LogP contribution is 2.26. The maximum atomic E-state index is 13.8. The largest absolute Gasteiger partial charge is 0.481 e. The SMILES string of the molecule is COc1cc(OC)nc([C@H](CNS(=O)(=O)c2ccccc2)c2cccc(F)c2)n1. The number of hydrogen-bond donors (Lipinski definition) is 1. The van der Waals surface area contributed by atoms with Gasteiger partial charge in [0.15, 0.2) is 0 Å². The van der Waals surface area contributed by atoms with E-state index in [4.69, 9.17) is 9.47 Å². The van der Waals surface area contributed by atoms with Crippen LogP contribution in [0.1, 0.15) is 17.3 Å². The lowest BCUT2D eigenvalue weighted by molar-refractivity contribution is 0.366. The summed E-state index contributed by atoms with van der Waals surface area (Å²) < 4.78 is 52.0. The Kier molecular flexibility index (Phi) is 6.40. The average molecular weight is 417 g/mol. The molecule has 1 N–H and O–H groups in total. The number of ether oxygens (including phenoxy) is 2. The van der Waals surface area contributed by atoms with E-state index in [9.17, 15) is 12.8 Å². The molecule has 0 aliphatic heterocycles. The summed E-state index contributed by atoms with van der Waals surface area (Å²) in [6.45, 7) is -0.0863. The summed E-state index contributed by atoms with van der Waals surface area (Å²) in [6.07, 6.45) is 0. The second kappa shape index (κ2) is 8.97. The van der Waals surface area contributed by atoms with E-state index in [1.165, 1.54) is 44.6 Å². The molecular weight excluding hydrogens is 397 g/mol. The highest BCUT2D eigenvalue weighted by atomic mass is 32.2. The van der Waals surface area contributed by atoms with Crippen LogP contribution in [0.4, 0.5) is 4.39 Å². The van der Waals surface area contributed by atoms with Crippen molar-refractivity contribution in [2.45, 2.75) is 10.8 Å². The molecule has 0 radical (unpaired) electrons. The Bertz CT molecular complexity index is 1060. The van der Waals surface area contributed by atoms with Crippen LogP contribution in [-0.2, 0) is 10.0 Å². The van der Waals surface area contributed by atoms with Crippen LogP contribution in [0.2, 0.25) is 0 Å². The van der Waals surface area contributed by atoms with Crippen molar-refractivity contribution in [3.05, 3.63) is 77.9 Å². The lowest BCUT2D eigenvalue weighted by Gasteiger charge is -2.18. The monoisotopic (exact) mass is 417 g/mol. The van der Waals surface area contributed by atoms with E-state index in [-0.39, 0.29) is 29.0 Å². The molecule has 1 atom stereocenters. The fraction of sp³-hybridized carbons (Fsp3) is 0.200. The van der Waals surface area contributed by atoms with Crippen LogP contribution in [-0.4, -0.2) is 39.2 Å². The molecule has 0 saturated heterocycles. The molecule has 152 valence electrons. The summed E-state index contributed by atoms with van der Waals surface area (Å²) in [5, 5.41) is 0. The summed E-state index contributed by atoms with van der Waals surface area (Å²) in [7, 11) is -0.884. The van der Waals surface area contributed by atoms with E-state index < -0.39 is 21.8 Å². The van der Waals surface area contributed by atoms with Gasteiger partial charge < -0.3 is 9.47 Å². The molecule has 0 saturated carbocycles. The number of halogens is 1. The molecule has 2 aromatic carbocycles. The molecule has 29 heavy (non-hydrogen) atoms. The van der Waals surface area contributed by atoms with Crippen molar-refractivity contribution in [1.82, 2.24) is 14.7 Å². The van der Waals surface area contributed by atoms with Gasteiger partial charge in [0.1, 0.15) is 11.6 Å². The van der Waals surface area contributed by atoms with Crippen molar-refractivity contribution in [1.29, 1.82) is 0 Å². The van der Waals surface area contributed by atoms with Crippen molar-refractivity contribution in [2.75, 3.05) is 20.8 Å². The van der Waals surface area contributed by atoms with E-state index in [0.29, 0.717) is 5.56 Å². The fourth-order valence-corrected chi connectivity index (χ4v) is 3.81. The zero-order chi connectivity index (χ0) is 20.9. The molecule has 1 aromatic heterocycles. The molecule has 0 aliphatic carbocycles. The number of sulfonamides is 1. The molecule has 0 bridgehead atoms. The van der Waals surface area contributed by atoms with Crippen LogP contribution in [0.15, 0.2) is 65.6 Å². The van der Waals surface area contributed by atoms with E-state index in [2.05, 4.69) is 14.7 Å². The third kappa shape index (κ3) is 5.07. The van der Waals surface area contributed by atoms with E-state index in [1.807, 2.05) is 0 Å². The summed E-state index contributed by atoms with van der Waals surface area (Å²) in [5.41, 5.74) is 0.510. The highest BCUT2D eigenvalue weighted by molar-refractivity contribution is 7.89. The van der Waals surface area contributed by atoms with E-state index in [1.54, 1.807) is 30.3 Å². The number of hydrogen-bond acceptors (Lipinski definition) is 6. The number of benzene rings is 2. The van der Waals surface area contributed by atoms with Crippen molar-refractivity contribution < 1.29 is 22.3 Å². The minimum Gasteiger partial charge on any atom is -0.481 e. The normalized spacial score (nSPS) is 12.4. The first kappa shape index (κ1) is 20.7. The van der Waals surface area contributed by atoms with Gasteiger partial charge in [-0.15, -0.1) is 0 Å². The minimum atomic E-state index is -3.77. The summed E-state index contributed by atoms with van der Waals surface area (Å²) in [5.74, 6) is -0.387. The Morgan fingerprint density at radius 2 is 1.62 bits per heavy atom. The van der Waals surface area contributed by atoms with Gasteiger partial charge in [0, 0.05) is 6.54 Å². The topological polar surface area (TPSA) is 90.4 Å². The predicted octanol–water partition coefficient (Wildman–Crippen LogP) is 2.74. The fourth-order valence-electron chi connectivity index (χ4n) is 2.74. The molecule has 3 aromatic rings. The van der Waals surface area contributed by atoms with E-state index in [0.717, 1.165) is 0 Å². The number of nitrogens with one attached hydrogen (secondary N) is 1. The summed E-state index contributed by atoms with van der Waals surface area (Å²) >= 11 is 0. The summed E-state index contributed by atoms with van der Waals surface area (Å²) in [6, 6.07) is 15.3. The molecule has 0 fully saturated rings. The number of nitrogens with zero attached hydrogens (tertiary/aromatic N) is 2. The van der Waals surface area contributed by atoms with Gasteiger partial charge >= 0.3 is 0 Å². The Hall–Kier alpha value is -3.04. The predicted molar refractivity (Wildman–Crippen MR) is 105 cm³/mol. The van der Waals surface area contributed by atoms with Gasteiger partial charge in [-0.25, -0.2) is 17.5 Å². The number of rotatable bonds is 8. The lowest BCUT2D eigenvalue weighted by atomic mass is 9.98. The second-order valence-electron chi connectivity index (χ2n) is 6.08. The number of aromatic nitrogens is 2. The van der Waals surface area contributed by atoms with Crippen molar-refractivity contribution in [3.8, 4) is 11.8 Å². The van der Waals surface area contributed by atoms with Gasteiger partial charge in [-0.3, -0.25) is 0 Å². The molecule has 0 spiro atoms. The molecular formula is C20H20FN3O4S. The van der Waals surface area contributed by atoms with E-state index >= 15 is 0 Å². The molecule has 0 unspecified atom stereocenters. The molecule has 9 heteroatoms. The van der Waals surface area contributed by atoms with Gasteiger partial charge in [-0.2, -0.15) is 9.97 Å². The first-order chi connectivity index (χ1) is 13.9. The smallest absolute Gasteiger partial charge is 0.240 e. The molecule has 3 rings (SSSR count). The van der Waals surface area contributed by atoms with Gasteiger partial charge in [0.25, 0.3) is 0 Å². The zero-order valence-corrected chi connectivity index (χ0v) is 16.7. The standard InChI is InChI=1S/C20H20FN3O4S/c1-27-18-12-19(28-2)24-20(23-18)17(14-7-6-8-15(21)11-14)13-22-29(25,26)16-9-4-3-5-10-16/h3-12,17,22H,13H2,1-2H3/t17-/m1/s1. The first-order valence-electron chi connectivity index (χ1n) is 8.70. The van der Waals surface area contributed by atoms with Gasteiger partial charge in [0.05, 0.1) is 31.1 Å². The summed E-state index contributed by atoms with van der Waals surface area (Å²) in [4.78, 5) is 8.75. The maximum Gasteiger partial charge on any atom is 0.240 e. The van der Waals surface area contributed by atoms with Crippen LogP contribution in [0.25, 0.3) is 0 Å². The van der Waals surface area contributed by atoms with Crippen molar-refractivity contribution >= 4 is 10.0 Å².